The second kappa shape index (κ2) is 6.21. The SMILES string of the molecule is C[C@@H](OC(=O)[C@](C)(C#N)c1c[nH]c2ccccc12)c1ccccc1. The first kappa shape index (κ1) is 15.8. The van der Waals surface area contributed by atoms with Crippen LogP contribution in [-0.4, -0.2) is 11.0 Å². The van der Waals surface area contributed by atoms with E-state index in [0.29, 0.717) is 5.56 Å². The Kier molecular flexibility index (Phi) is 4.09. The summed E-state index contributed by atoms with van der Waals surface area (Å²) >= 11 is 0. The molecule has 0 aliphatic rings. The zero-order valence-corrected chi connectivity index (χ0v) is 13.6. The van der Waals surface area contributed by atoms with Gasteiger partial charge in [0.15, 0.2) is 5.41 Å². The number of aromatic nitrogens is 1. The Labute approximate surface area is 140 Å². The number of esters is 1. The van der Waals surface area contributed by atoms with Crippen LogP contribution >= 0.6 is 0 Å². The lowest BCUT2D eigenvalue weighted by Crippen LogP contribution is -2.33. The summed E-state index contributed by atoms with van der Waals surface area (Å²) in [6.07, 6.45) is 1.29. The molecule has 1 aromatic heterocycles. The van der Waals surface area contributed by atoms with Gasteiger partial charge in [0, 0.05) is 22.7 Å². The quantitative estimate of drug-likeness (QED) is 0.731. The minimum absolute atomic E-state index is 0.420. The van der Waals surface area contributed by atoms with Gasteiger partial charge in [0.1, 0.15) is 6.10 Å². The van der Waals surface area contributed by atoms with E-state index in [0.717, 1.165) is 16.5 Å². The Balaban J connectivity index is 1.92. The van der Waals surface area contributed by atoms with E-state index >= 15 is 0 Å². The molecule has 4 heteroatoms. The number of para-hydroxylation sites is 1. The largest absolute Gasteiger partial charge is 0.456 e. The van der Waals surface area contributed by atoms with Crippen molar-refractivity contribution < 1.29 is 9.53 Å². The smallest absolute Gasteiger partial charge is 0.331 e. The van der Waals surface area contributed by atoms with Crippen molar-refractivity contribution in [2.75, 3.05) is 0 Å². The van der Waals surface area contributed by atoms with Gasteiger partial charge in [-0.1, -0.05) is 48.5 Å². The predicted molar refractivity (Wildman–Crippen MR) is 92.2 cm³/mol. The fraction of sp³-hybridized carbons (Fsp3) is 0.200. The maximum Gasteiger partial charge on any atom is 0.331 e. The van der Waals surface area contributed by atoms with Gasteiger partial charge in [-0.15, -0.1) is 0 Å². The highest BCUT2D eigenvalue weighted by Crippen LogP contribution is 2.33. The van der Waals surface area contributed by atoms with Crippen LogP contribution in [0.5, 0.6) is 0 Å². The van der Waals surface area contributed by atoms with Crippen LogP contribution in [0.15, 0.2) is 60.8 Å². The first-order valence-electron chi connectivity index (χ1n) is 7.80. The molecule has 0 unspecified atom stereocenters. The molecular weight excluding hydrogens is 300 g/mol. The Hall–Kier alpha value is -3.06. The van der Waals surface area contributed by atoms with Crippen LogP contribution in [0.25, 0.3) is 10.9 Å². The summed E-state index contributed by atoms with van der Waals surface area (Å²) in [6, 6.07) is 19.2. The molecule has 0 saturated carbocycles. The van der Waals surface area contributed by atoms with Gasteiger partial charge >= 0.3 is 5.97 Å². The van der Waals surface area contributed by atoms with Crippen LogP contribution in [0.2, 0.25) is 0 Å². The molecule has 3 rings (SSSR count). The fourth-order valence-corrected chi connectivity index (χ4v) is 2.77. The lowest BCUT2D eigenvalue weighted by atomic mass is 9.84. The van der Waals surface area contributed by atoms with E-state index in [1.54, 1.807) is 20.0 Å². The van der Waals surface area contributed by atoms with Crippen molar-refractivity contribution in [3.8, 4) is 6.07 Å². The van der Waals surface area contributed by atoms with Gasteiger partial charge in [-0.05, 0) is 25.5 Å². The third-order valence-electron chi connectivity index (χ3n) is 4.31. The first-order valence-corrected chi connectivity index (χ1v) is 7.80. The third-order valence-corrected chi connectivity index (χ3v) is 4.31. The number of hydrogen-bond donors (Lipinski definition) is 1. The Bertz CT molecular complexity index is 908. The molecule has 2 aromatic carbocycles. The number of aromatic amines is 1. The number of hydrogen-bond acceptors (Lipinski definition) is 3. The minimum atomic E-state index is -1.37. The van der Waals surface area contributed by atoms with Crippen molar-refractivity contribution in [3.63, 3.8) is 0 Å². The molecular formula is C20H18N2O2. The number of H-pyrrole nitrogens is 1. The molecule has 0 spiro atoms. The molecule has 4 nitrogen and oxygen atoms in total. The summed E-state index contributed by atoms with van der Waals surface area (Å²) in [5, 5.41) is 10.6. The number of benzene rings is 2. The summed E-state index contributed by atoms with van der Waals surface area (Å²) < 4.78 is 5.59. The Morgan fingerprint density at radius 3 is 2.54 bits per heavy atom. The van der Waals surface area contributed by atoms with Gasteiger partial charge in [-0.25, -0.2) is 4.79 Å². The second-order valence-electron chi connectivity index (χ2n) is 5.94. The average molecular weight is 318 g/mol. The number of nitrogens with one attached hydrogen (secondary N) is 1. The molecule has 0 bridgehead atoms. The summed E-state index contributed by atoms with van der Waals surface area (Å²) in [6.45, 7) is 3.41. The van der Waals surface area contributed by atoms with Crippen LogP contribution in [0.1, 0.15) is 31.1 Å². The van der Waals surface area contributed by atoms with E-state index in [-0.39, 0.29) is 0 Å². The van der Waals surface area contributed by atoms with Gasteiger partial charge in [-0.2, -0.15) is 5.26 Å². The van der Waals surface area contributed by atoms with Crippen LogP contribution in [-0.2, 0) is 14.9 Å². The topological polar surface area (TPSA) is 65.9 Å². The van der Waals surface area contributed by atoms with Crippen LogP contribution in [0.3, 0.4) is 0 Å². The molecule has 1 heterocycles. The van der Waals surface area contributed by atoms with E-state index in [4.69, 9.17) is 4.74 Å². The summed E-state index contributed by atoms with van der Waals surface area (Å²) in [5.41, 5.74) is 1.04. The van der Waals surface area contributed by atoms with E-state index < -0.39 is 17.5 Å². The average Bonchev–Trinajstić information content (AvgIpc) is 3.06. The molecule has 2 atom stereocenters. The zero-order valence-electron chi connectivity index (χ0n) is 13.6. The highest BCUT2D eigenvalue weighted by molar-refractivity contribution is 5.94. The lowest BCUT2D eigenvalue weighted by molar-refractivity contribution is -0.152. The minimum Gasteiger partial charge on any atom is -0.456 e. The normalized spacial score (nSPS) is 14.5. The van der Waals surface area contributed by atoms with Crippen LogP contribution < -0.4 is 0 Å². The van der Waals surface area contributed by atoms with E-state index in [1.807, 2.05) is 54.6 Å². The second-order valence-corrected chi connectivity index (χ2v) is 5.94. The molecule has 0 radical (unpaired) electrons. The molecule has 120 valence electrons. The van der Waals surface area contributed by atoms with Gasteiger partial charge < -0.3 is 9.72 Å². The molecule has 0 aliphatic carbocycles. The van der Waals surface area contributed by atoms with Gasteiger partial charge in [0.2, 0.25) is 0 Å². The number of fused-ring (bicyclic) bond motifs is 1. The standard InChI is InChI=1S/C20H18N2O2/c1-14(15-8-4-3-5-9-15)24-19(23)20(2,13-21)17-12-22-18-11-7-6-10-16(17)18/h3-12,14,22H,1-2H3/t14-,20-/m1/s1. The highest BCUT2D eigenvalue weighted by atomic mass is 16.5. The van der Waals surface area contributed by atoms with Gasteiger partial charge in [0.05, 0.1) is 6.07 Å². The van der Waals surface area contributed by atoms with Crippen molar-refractivity contribution >= 4 is 16.9 Å². The molecule has 0 saturated heterocycles. The zero-order chi connectivity index (χ0) is 17.2. The number of carbonyl (C=O) groups is 1. The van der Waals surface area contributed by atoms with Crippen molar-refractivity contribution in [3.05, 3.63) is 71.9 Å². The van der Waals surface area contributed by atoms with E-state index in [9.17, 15) is 10.1 Å². The van der Waals surface area contributed by atoms with Crippen molar-refractivity contribution in [2.45, 2.75) is 25.4 Å². The number of carbonyl (C=O) groups excluding carboxylic acids is 1. The summed E-state index contributed by atoms with van der Waals surface area (Å²) in [5.74, 6) is -0.550. The van der Waals surface area contributed by atoms with Crippen LogP contribution in [0, 0.1) is 11.3 Å². The predicted octanol–water partition coefficient (Wildman–Crippen LogP) is 4.25. The summed E-state index contributed by atoms with van der Waals surface area (Å²) in [7, 11) is 0. The monoisotopic (exact) mass is 318 g/mol. The number of rotatable bonds is 4. The number of nitrogens with zero attached hydrogens (tertiary/aromatic N) is 1. The lowest BCUT2D eigenvalue weighted by Gasteiger charge is -2.22. The van der Waals surface area contributed by atoms with Gasteiger partial charge in [0.25, 0.3) is 0 Å². The van der Waals surface area contributed by atoms with Crippen LogP contribution in [0.4, 0.5) is 0 Å². The summed E-state index contributed by atoms with van der Waals surface area (Å²) in [4.78, 5) is 15.9. The molecule has 24 heavy (non-hydrogen) atoms. The number of ether oxygens (including phenoxy) is 1. The van der Waals surface area contributed by atoms with Crippen molar-refractivity contribution in [1.82, 2.24) is 4.98 Å². The number of nitriles is 1. The molecule has 1 N–H and O–H groups in total. The highest BCUT2D eigenvalue weighted by Gasteiger charge is 2.40. The van der Waals surface area contributed by atoms with Gasteiger partial charge in [-0.3, -0.25) is 0 Å². The molecule has 0 amide bonds. The first-order chi connectivity index (χ1) is 11.6. The molecule has 0 aliphatic heterocycles. The van der Waals surface area contributed by atoms with E-state index in [2.05, 4.69) is 11.1 Å². The fourth-order valence-electron chi connectivity index (χ4n) is 2.77. The maximum atomic E-state index is 12.8. The molecule has 3 aromatic rings. The third kappa shape index (κ3) is 2.65. The van der Waals surface area contributed by atoms with Crippen molar-refractivity contribution in [1.29, 1.82) is 5.26 Å². The van der Waals surface area contributed by atoms with E-state index in [1.165, 1.54) is 0 Å². The maximum absolute atomic E-state index is 12.8. The Morgan fingerprint density at radius 1 is 1.17 bits per heavy atom. The Morgan fingerprint density at radius 2 is 1.83 bits per heavy atom. The molecule has 0 fully saturated rings. The van der Waals surface area contributed by atoms with Crippen molar-refractivity contribution in [2.24, 2.45) is 0 Å².